The third-order valence-electron chi connectivity index (χ3n) is 4.82. The molecule has 0 amide bonds. The van der Waals surface area contributed by atoms with Crippen molar-refractivity contribution in [3.63, 3.8) is 0 Å². The zero-order chi connectivity index (χ0) is 17.6. The largest absolute Gasteiger partial charge is 0.410 e. The van der Waals surface area contributed by atoms with Gasteiger partial charge in [0.15, 0.2) is 14.1 Å². The molecule has 1 saturated heterocycles. The zero-order valence-electron chi connectivity index (χ0n) is 14.8. The van der Waals surface area contributed by atoms with Gasteiger partial charge in [-0.05, 0) is 43.6 Å². The summed E-state index contributed by atoms with van der Waals surface area (Å²) in [5.41, 5.74) is 8.97. The number of fused-ring (bicyclic) bond motifs is 1. The quantitative estimate of drug-likeness (QED) is 0.317. The summed E-state index contributed by atoms with van der Waals surface area (Å²) in [7, 11) is -2.06. The molecule has 4 atom stereocenters. The number of halogens is 1. The van der Waals surface area contributed by atoms with Gasteiger partial charge in [-0.1, -0.05) is 37.5 Å². The van der Waals surface area contributed by atoms with E-state index >= 15 is 0 Å². The Hall–Kier alpha value is -0.563. The second-order valence-corrected chi connectivity index (χ2v) is 13.3. The SMILES string of the molecule is CC1(C)O[C@H]2[C@@H](N=[N+]=[N-])[C@H](O[Si](C)(C)C(C)(C)C)C=C(Cl)[C@H]2O1. The minimum Gasteiger partial charge on any atom is -0.410 e. The molecule has 0 aromatic carbocycles. The summed E-state index contributed by atoms with van der Waals surface area (Å²) in [5, 5.41) is 4.53. The van der Waals surface area contributed by atoms with Crippen molar-refractivity contribution in [3.05, 3.63) is 21.6 Å². The first-order valence-corrected chi connectivity index (χ1v) is 11.1. The monoisotopic (exact) mass is 359 g/mol. The molecule has 0 N–H and O–H groups in total. The zero-order valence-corrected chi connectivity index (χ0v) is 16.6. The smallest absolute Gasteiger partial charge is 0.192 e. The van der Waals surface area contributed by atoms with Crippen molar-refractivity contribution in [2.75, 3.05) is 0 Å². The molecule has 0 aromatic rings. The highest BCUT2D eigenvalue weighted by molar-refractivity contribution is 6.74. The van der Waals surface area contributed by atoms with Crippen LogP contribution in [-0.4, -0.2) is 38.5 Å². The third-order valence-corrected chi connectivity index (χ3v) is 9.63. The average molecular weight is 360 g/mol. The van der Waals surface area contributed by atoms with Crippen LogP contribution in [0.15, 0.2) is 16.2 Å². The molecule has 23 heavy (non-hydrogen) atoms. The van der Waals surface area contributed by atoms with E-state index in [2.05, 4.69) is 43.9 Å². The number of rotatable bonds is 3. The van der Waals surface area contributed by atoms with Gasteiger partial charge in [-0.3, -0.25) is 0 Å². The molecule has 2 rings (SSSR count). The van der Waals surface area contributed by atoms with E-state index < -0.39 is 38.5 Å². The molecule has 0 saturated carbocycles. The fraction of sp³-hybridized carbons (Fsp3) is 0.867. The van der Waals surface area contributed by atoms with Gasteiger partial charge in [0.25, 0.3) is 0 Å². The minimum absolute atomic E-state index is 0.0391. The highest BCUT2D eigenvalue weighted by Crippen LogP contribution is 2.43. The lowest BCUT2D eigenvalue weighted by Crippen LogP contribution is -2.52. The van der Waals surface area contributed by atoms with Crippen LogP contribution in [-0.2, 0) is 13.9 Å². The Morgan fingerprint density at radius 2 is 1.96 bits per heavy atom. The van der Waals surface area contributed by atoms with Gasteiger partial charge < -0.3 is 13.9 Å². The lowest BCUT2D eigenvalue weighted by molar-refractivity contribution is -0.145. The van der Waals surface area contributed by atoms with Crippen LogP contribution in [0.25, 0.3) is 10.4 Å². The van der Waals surface area contributed by atoms with Gasteiger partial charge in [0.05, 0.1) is 12.1 Å². The van der Waals surface area contributed by atoms with Crippen molar-refractivity contribution in [2.24, 2.45) is 5.11 Å². The van der Waals surface area contributed by atoms with Crippen molar-refractivity contribution >= 4 is 19.9 Å². The summed E-state index contributed by atoms with van der Waals surface area (Å²) < 4.78 is 18.2. The maximum atomic E-state index is 8.97. The van der Waals surface area contributed by atoms with Gasteiger partial charge in [0.2, 0.25) is 0 Å². The second-order valence-electron chi connectivity index (χ2n) is 8.11. The van der Waals surface area contributed by atoms with Crippen molar-refractivity contribution in [2.45, 2.75) is 82.9 Å². The van der Waals surface area contributed by atoms with Gasteiger partial charge in [0.1, 0.15) is 12.2 Å². The number of nitrogens with zero attached hydrogens (tertiary/aromatic N) is 3. The average Bonchev–Trinajstić information content (AvgIpc) is 2.68. The van der Waals surface area contributed by atoms with Crippen LogP contribution >= 0.6 is 11.6 Å². The molecular formula is C15H26ClN3O3Si. The van der Waals surface area contributed by atoms with Crippen LogP contribution in [0.5, 0.6) is 0 Å². The fourth-order valence-corrected chi connectivity index (χ4v) is 4.14. The molecule has 0 spiro atoms. The van der Waals surface area contributed by atoms with E-state index in [0.29, 0.717) is 5.03 Å². The maximum Gasteiger partial charge on any atom is 0.192 e. The Kier molecular flexibility index (Phi) is 4.95. The lowest BCUT2D eigenvalue weighted by atomic mass is 9.94. The van der Waals surface area contributed by atoms with Crippen molar-refractivity contribution in [3.8, 4) is 0 Å². The van der Waals surface area contributed by atoms with Gasteiger partial charge in [-0.2, -0.15) is 0 Å². The molecule has 0 bridgehead atoms. The van der Waals surface area contributed by atoms with Gasteiger partial charge in [-0.25, -0.2) is 0 Å². The molecule has 2 aliphatic rings. The van der Waals surface area contributed by atoms with E-state index in [-0.39, 0.29) is 5.04 Å². The van der Waals surface area contributed by atoms with Crippen LogP contribution in [0.1, 0.15) is 34.6 Å². The molecule has 1 fully saturated rings. The number of azide groups is 1. The summed E-state index contributed by atoms with van der Waals surface area (Å²) in [6, 6.07) is -0.497. The molecular weight excluding hydrogens is 334 g/mol. The highest BCUT2D eigenvalue weighted by Gasteiger charge is 2.52. The summed E-state index contributed by atoms with van der Waals surface area (Å²) in [4.78, 5) is 2.99. The topological polar surface area (TPSA) is 76.5 Å². The van der Waals surface area contributed by atoms with Crippen LogP contribution in [0.2, 0.25) is 18.1 Å². The fourth-order valence-electron chi connectivity index (χ4n) is 2.60. The Morgan fingerprint density at radius 3 is 2.48 bits per heavy atom. The molecule has 1 aliphatic carbocycles. The van der Waals surface area contributed by atoms with Gasteiger partial charge >= 0.3 is 0 Å². The third kappa shape index (κ3) is 3.76. The molecule has 0 unspecified atom stereocenters. The molecule has 0 radical (unpaired) electrons. The summed E-state index contributed by atoms with van der Waals surface area (Å²) in [6.45, 7) is 14.5. The van der Waals surface area contributed by atoms with E-state index in [1.165, 1.54) is 0 Å². The minimum atomic E-state index is -2.06. The predicted molar refractivity (Wildman–Crippen MR) is 92.8 cm³/mol. The summed E-state index contributed by atoms with van der Waals surface area (Å²) in [5.74, 6) is -0.765. The van der Waals surface area contributed by atoms with Gasteiger partial charge in [-0.15, -0.1) is 0 Å². The maximum absolute atomic E-state index is 8.97. The molecule has 1 heterocycles. The van der Waals surface area contributed by atoms with Crippen molar-refractivity contribution < 1.29 is 13.9 Å². The predicted octanol–water partition coefficient (Wildman–Crippen LogP) is 4.71. The normalized spacial score (nSPS) is 33.7. The number of ether oxygens (including phenoxy) is 2. The van der Waals surface area contributed by atoms with E-state index in [9.17, 15) is 0 Å². The van der Waals surface area contributed by atoms with E-state index in [1.807, 2.05) is 19.9 Å². The Bertz CT molecular complexity index is 553. The first kappa shape index (κ1) is 18.8. The lowest BCUT2D eigenvalue weighted by Gasteiger charge is -2.42. The van der Waals surface area contributed by atoms with E-state index in [1.54, 1.807) is 0 Å². The van der Waals surface area contributed by atoms with Crippen LogP contribution in [0.3, 0.4) is 0 Å². The molecule has 6 nitrogen and oxygen atoms in total. The molecule has 0 aromatic heterocycles. The Labute approximate surface area is 143 Å². The van der Waals surface area contributed by atoms with Crippen molar-refractivity contribution in [1.29, 1.82) is 0 Å². The van der Waals surface area contributed by atoms with Crippen molar-refractivity contribution in [1.82, 2.24) is 0 Å². The van der Waals surface area contributed by atoms with E-state index in [0.717, 1.165) is 0 Å². The Balaban J connectivity index is 2.35. The van der Waals surface area contributed by atoms with E-state index in [4.69, 9.17) is 31.0 Å². The van der Waals surface area contributed by atoms with Gasteiger partial charge in [0, 0.05) is 9.94 Å². The standard InChI is InChI=1S/C15H26ClN3O3Si/c1-14(2,3)23(6,7)22-10-8-9(16)12-13(11(10)18-19-17)21-15(4,5)20-12/h8,10-13H,1-7H3/t10-,11+,12-,13+/m1/s1. The first-order chi connectivity index (χ1) is 10.4. The summed E-state index contributed by atoms with van der Waals surface area (Å²) in [6.07, 6.45) is 0.556. The van der Waals surface area contributed by atoms with Crippen LogP contribution < -0.4 is 0 Å². The number of hydrogen-bond acceptors (Lipinski definition) is 4. The first-order valence-electron chi connectivity index (χ1n) is 7.83. The highest BCUT2D eigenvalue weighted by atomic mass is 35.5. The summed E-state index contributed by atoms with van der Waals surface area (Å²) >= 11 is 6.41. The Morgan fingerprint density at radius 1 is 1.35 bits per heavy atom. The molecule has 8 heteroatoms. The van der Waals surface area contributed by atoms with Crippen LogP contribution in [0, 0.1) is 0 Å². The molecule has 130 valence electrons. The second kappa shape index (κ2) is 6.06. The molecule has 1 aliphatic heterocycles. The number of hydrogen-bond donors (Lipinski definition) is 0. The van der Waals surface area contributed by atoms with Crippen LogP contribution in [0.4, 0.5) is 0 Å².